The molecule has 16 heavy (non-hydrogen) atoms. The predicted octanol–water partition coefficient (Wildman–Crippen LogP) is -0.190. The number of hydrogen-bond acceptors (Lipinski definition) is 3. The summed E-state index contributed by atoms with van der Waals surface area (Å²) in [5.41, 5.74) is 0. The van der Waals surface area contributed by atoms with Crippen LogP contribution in [0, 0.1) is 12.3 Å². The van der Waals surface area contributed by atoms with Crippen molar-refractivity contribution in [1.29, 1.82) is 0 Å². The van der Waals surface area contributed by atoms with E-state index < -0.39 is 0 Å². The van der Waals surface area contributed by atoms with Gasteiger partial charge in [-0.1, -0.05) is 12.8 Å². The van der Waals surface area contributed by atoms with E-state index in [2.05, 4.69) is 28.4 Å². The number of carbonyl (C=O) groups excluding carboxylic acids is 1. The van der Waals surface area contributed by atoms with E-state index in [0.717, 1.165) is 19.6 Å². The van der Waals surface area contributed by atoms with Crippen LogP contribution in [-0.2, 0) is 4.79 Å². The van der Waals surface area contributed by atoms with E-state index in [4.69, 9.17) is 6.42 Å². The van der Waals surface area contributed by atoms with Crippen LogP contribution in [0.3, 0.4) is 0 Å². The zero-order chi connectivity index (χ0) is 11.8. The van der Waals surface area contributed by atoms with Crippen molar-refractivity contribution in [2.24, 2.45) is 0 Å². The van der Waals surface area contributed by atoms with Crippen LogP contribution in [-0.4, -0.2) is 49.6 Å². The molecule has 1 saturated heterocycles. The van der Waals surface area contributed by atoms with E-state index in [-0.39, 0.29) is 5.91 Å². The van der Waals surface area contributed by atoms with Crippen molar-refractivity contribution in [3.05, 3.63) is 0 Å². The number of nitrogens with zero attached hydrogens (tertiary/aromatic N) is 1. The van der Waals surface area contributed by atoms with Gasteiger partial charge in [-0.15, -0.1) is 6.42 Å². The highest BCUT2D eigenvalue weighted by Gasteiger charge is 2.22. The lowest BCUT2D eigenvalue weighted by Gasteiger charge is -2.22. The first-order valence-corrected chi connectivity index (χ1v) is 5.92. The van der Waals surface area contributed by atoms with Gasteiger partial charge in [0, 0.05) is 12.6 Å². The van der Waals surface area contributed by atoms with Crippen LogP contribution in [0.5, 0.6) is 0 Å². The average Bonchev–Trinajstić information content (AvgIpc) is 2.74. The Morgan fingerprint density at radius 1 is 1.62 bits per heavy atom. The molecule has 4 nitrogen and oxygen atoms in total. The highest BCUT2D eigenvalue weighted by atomic mass is 16.1. The minimum Gasteiger partial charge on any atom is -0.353 e. The molecule has 90 valence electrons. The first-order chi connectivity index (χ1) is 7.77. The number of amides is 1. The number of carbonyl (C=O) groups is 1. The van der Waals surface area contributed by atoms with Gasteiger partial charge < -0.3 is 5.32 Å². The van der Waals surface area contributed by atoms with Gasteiger partial charge in [-0.2, -0.15) is 0 Å². The molecule has 2 N–H and O–H groups in total. The molecule has 0 aliphatic carbocycles. The summed E-state index contributed by atoms with van der Waals surface area (Å²) in [4.78, 5) is 13.8. The zero-order valence-corrected chi connectivity index (χ0v) is 9.96. The Labute approximate surface area is 97.8 Å². The number of likely N-dealkylation sites (tertiary alicyclic amines) is 1. The summed E-state index contributed by atoms with van der Waals surface area (Å²) in [5.74, 6) is 2.46. The van der Waals surface area contributed by atoms with Gasteiger partial charge in [0.25, 0.3) is 0 Å². The number of hydrogen-bond donors (Lipinski definition) is 2. The zero-order valence-electron chi connectivity index (χ0n) is 9.96. The Balaban J connectivity index is 2.14. The third kappa shape index (κ3) is 4.21. The molecule has 1 aliphatic rings. The molecular weight excluding hydrogens is 202 g/mol. The molecule has 0 aromatic rings. The van der Waals surface area contributed by atoms with Crippen LogP contribution in [0.2, 0.25) is 0 Å². The fourth-order valence-electron chi connectivity index (χ4n) is 2.08. The minimum absolute atomic E-state index is 0.0261. The number of terminal acetylenes is 1. The quantitative estimate of drug-likeness (QED) is 0.484. The van der Waals surface area contributed by atoms with Crippen molar-refractivity contribution in [3.63, 3.8) is 0 Å². The van der Waals surface area contributed by atoms with Crippen molar-refractivity contribution in [1.82, 2.24) is 15.5 Å². The molecule has 0 aromatic carbocycles. The molecule has 1 heterocycles. The highest BCUT2D eigenvalue weighted by molar-refractivity contribution is 5.78. The molecular formula is C12H21N3O. The van der Waals surface area contributed by atoms with Crippen LogP contribution in [0.1, 0.15) is 19.8 Å². The van der Waals surface area contributed by atoms with Gasteiger partial charge in [0.2, 0.25) is 5.91 Å². The fourth-order valence-corrected chi connectivity index (χ4v) is 2.08. The van der Waals surface area contributed by atoms with Crippen molar-refractivity contribution < 1.29 is 4.79 Å². The van der Waals surface area contributed by atoms with Gasteiger partial charge in [0.15, 0.2) is 0 Å². The Morgan fingerprint density at radius 3 is 3.12 bits per heavy atom. The van der Waals surface area contributed by atoms with Gasteiger partial charge in [-0.25, -0.2) is 0 Å². The Hall–Kier alpha value is -1.05. The number of rotatable bonds is 6. The van der Waals surface area contributed by atoms with Gasteiger partial charge in [-0.05, 0) is 25.9 Å². The topological polar surface area (TPSA) is 44.4 Å². The third-order valence-electron chi connectivity index (χ3n) is 2.95. The van der Waals surface area contributed by atoms with Gasteiger partial charge in [-0.3, -0.25) is 15.0 Å². The second-order valence-corrected chi connectivity index (χ2v) is 4.04. The fraction of sp³-hybridized carbons (Fsp3) is 0.750. The Bertz CT molecular complexity index is 259. The van der Waals surface area contributed by atoms with Crippen LogP contribution in [0.4, 0.5) is 0 Å². The monoisotopic (exact) mass is 223 g/mol. The smallest absolute Gasteiger partial charge is 0.234 e. The average molecular weight is 223 g/mol. The summed E-state index contributed by atoms with van der Waals surface area (Å²) >= 11 is 0. The molecule has 1 unspecified atom stereocenters. The molecule has 1 rings (SSSR count). The highest BCUT2D eigenvalue weighted by Crippen LogP contribution is 2.15. The summed E-state index contributed by atoms with van der Waals surface area (Å²) in [7, 11) is 0. The minimum atomic E-state index is 0.0261. The molecule has 1 atom stereocenters. The molecule has 0 saturated carbocycles. The maximum atomic E-state index is 11.4. The summed E-state index contributed by atoms with van der Waals surface area (Å²) in [6.45, 7) is 5.89. The first-order valence-electron chi connectivity index (χ1n) is 5.92. The van der Waals surface area contributed by atoms with E-state index in [1.807, 2.05) is 0 Å². The summed E-state index contributed by atoms with van der Waals surface area (Å²) in [5, 5.41) is 5.81. The van der Waals surface area contributed by atoms with Gasteiger partial charge in [0.05, 0.1) is 13.1 Å². The van der Waals surface area contributed by atoms with Crippen LogP contribution in [0.15, 0.2) is 0 Å². The summed E-state index contributed by atoms with van der Waals surface area (Å²) < 4.78 is 0. The SMILES string of the molecule is C#CCNCC(=O)NCC1CCCN1CC. The lowest BCUT2D eigenvalue weighted by molar-refractivity contribution is -0.120. The molecule has 1 aliphatic heterocycles. The largest absolute Gasteiger partial charge is 0.353 e. The second kappa shape index (κ2) is 7.26. The Morgan fingerprint density at radius 2 is 2.44 bits per heavy atom. The molecule has 0 aromatic heterocycles. The molecule has 1 amide bonds. The lowest BCUT2D eigenvalue weighted by atomic mass is 10.2. The van der Waals surface area contributed by atoms with E-state index in [9.17, 15) is 4.79 Å². The summed E-state index contributed by atoms with van der Waals surface area (Å²) in [6.07, 6.45) is 7.50. The van der Waals surface area contributed by atoms with Crippen molar-refractivity contribution in [2.45, 2.75) is 25.8 Å². The second-order valence-electron chi connectivity index (χ2n) is 4.04. The number of likely N-dealkylation sites (N-methyl/N-ethyl adjacent to an activating group) is 1. The maximum Gasteiger partial charge on any atom is 0.234 e. The van der Waals surface area contributed by atoms with E-state index in [1.165, 1.54) is 12.8 Å². The molecule has 0 bridgehead atoms. The van der Waals surface area contributed by atoms with Crippen molar-refractivity contribution >= 4 is 5.91 Å². The van der Waals surface area contributed by atoms with Gasteiger partial charge in [0.1, 0.15) is 0 Å². The molecule has 4 heteroatoms. The molecule has 0 spiro atoms. The lowest BCUT2D eigenvalue weighted by Crippen LogP contribution is -2.42. The van der Waals surface area contributed by atoms with E-state index in [0.29, 0.717) is 19.1 Å². The summed E-state index contributed by atoms with van der Waals surface area (Å²) in [6, 6.07) is 0.515. The maximum absolute atomic E-state index is 11.4. The third-order valence-corrected chi connectivity index (χ3v) is 2.95. The predicted molar refractivity (Wildman–Crippen MR) is 65.0 cm³/mol. The van der Waals surface area contributed by atoms with Crippen LogP contribution >= 0.6 is 0 Å². The standard InChI is InChI=1S/C12H21N3O/c1-3-7-13-10-12(16)14-9-11-6-5-8-15(11)4-2/h1,11,13H,4-10H2,2H3,(H,14,16). The number of nitrogens with one attached hydrogen (secondary N) is 2. The van der Waals surface area contributed by atoms with Crippen molar-refractivity contribution in [2.75, 3.05) is 32.7 Å². The van der Waals surface area contributed by atoms with Crippen molar-refractivity contribution in [3.8, 4) is 12.3 Å². The van der Waals surface area contributed by atoms with E-state index >= 15 is 0 Å². The normalized spacial score (nSPS) is 20.6. The van der Waals surface area contributed by atoms with Crippen LogP contribution in [0.25, 0.3) is 0 Å². The van der Waals surface area contributed by atoms with Gasteiger partial charge >= 0.3 is 0 Å². The molecule has 1 fully saturated rings. The Kier molecular flexibility index (Phi) is 5.91. The molecule has 0 radical (unpaired) electrons. The van der Waals surface area contributed by atoms with E-state index in [1.54, 1.807) is 0 Å². The van der Waals surface area contributed by atoms with Crippen LogP contribution < -0.4 is 10.6 Å². The first kappa shape index (κ1) is 13.0.